The SMILES string of the molecule is CCCCOc1ccc(Sc2ccc(OCCCC)cc2-c2ccc(Sc3ccc(C(=[OH+])c4ccccc4)cc3Cl)cc2)cc1.F[P-](F)(F)(F)(F)F. The molecule has 0 saturated heterocycles. The van der Waals surface area contributed by atoms with Crippen molar-refractivity contribution in [3.8, 4) is 22.6 Å². The molecular formula is C39H38ClF6O3PS2. The fraction of sp³-hybridized carbons (Fsp3) is 0.205. The van der Waals surface area contributed by atoms with Crippen molar-refractivity contribution in [1.82, 2.24) is 0 Å². The summed E-state index contributed by atoms with van der Waals surface area (Å²) in [4.78, 5) is 15.0. The number of benzene rings is 5. The number of unbranched alkanes of at least 4 members (excludes halogenated alkanes) is 2. The predicted molar refractivity (Wildman–Crippen MR) is 204 cm³/mol. The second kappa shape index (κ2) is 17.5. The molecule has 0 spiro atoms. The van der Waals surface area contributed by atoms with Gasteiger partial charge in [0.2, 0.25) is 0 Å². The van der Waals surface area contributed by atoms with Crippen LogP contribution < -0.4 is 9.47 Å². The predicted octanol–water partition coefficient (Wildman–Crippen LogP) is 15.0. The third kappa shape index (κ3) is 14.8. The summed E-state index contributed by atoms with van der Waals surface area (Å²) >= 11 is 10.0. The first-order valence-corrected chi connectivity index (χ1v) is 20.5. The van der Waals surface area contributed by atoms with Crippen LogP contribution >= 0.6 is 42.9 Å². The Morgan fingerprint density at radius 3 is 1.67 bits per heavy atom. The Balaban J connectivity index is 0.000000785. The molecule has 0 radical (unpaired) electrons. The second-order valence-electron chi connectivity index (χ2n) is 11.6. The van der Waals surface area contributed by atoms with Crippen molar-refractivity contribution in [1.29, 1.82) is 0 Å². The summed E-state index contributed by atoms with van der Waals surface area (Å²) in [6.07, 6.45) is 4.30. The van der Waals surface area contributed by atoms with Gasteiger partial charge in [-0.05, 0) is 109 Å². The molecule has 0 aliphatic rings. The van der Waals surface area contributed by atoms with E-state index < -0.39 is 7.81 Å². The molecule has 0 bridgehead atoms. The van der Waals surface area contributed by atoms with Gasteiger partial charge in [-0.25, -0.2) is 0 Å². The van der Waals surface area contributed by atoms with Crippen molar-refractivity contribution >= 4 is 48.7 Å². The van der Waals surface area contributed by atoms with E-state index in [2.05, 4.69) is 68.4 Å². The van der Waals surface area contributed by atoms with Crippen LogP contribution in [-0.4, -0.2) is 23.8 Å². The van der Waals surface area contributed by atoms with E-state index in [1.807, 2.05) is 60.7 Å². The van der Waals surface area contributed by atoms with Gasteiger partial charge in [-0.2, -0.15) is 0 Å². The molecule has 0 amide bonds. The van der Waals surface area contributed by atoms with Crippen molar-refractivity contribution < 1.29 is 39.4 Å². The fourth-order valence-electron chi connectivity index (χ4n) is 4.64. The molecule has 0 heterocycles. The van der Waals surface area contributed by atoms with E-state index in [0.717, 1.165) is 80.1 Å². The Morgan fingerprint density at radius 2 is 1.12 bits per heavy atom. The first-order valence-electron chi connectivity index (χ1n) is 16.4. The number of carbonyl (C=O) groups excluding carboxylic acids is 1. The summed E-state index contributed by atoms with van der Waals surface area (Å²) in [5.74, 6) is 1.99. The first-order chi connectivity index (χ1) is 24.5. The van der Waals surface area contributed by atoms with Gasteiger partial charge in [-0.15, -0.1) is 0 Å². The normalized spacial score (nSPS) is 12.6. The molecule has 0 atom stereocenters. The standard InChI is InChI=1S/C39H37ClO3S2.F6P/c1-3-5-24-42-31-15-20-34(21-16-31)44-37-23-17-32(43-25-6-4-2)27-35(37)28-12-18-33(19-13-28)45-38-22-14-30(26-36(38)40)39(41)29-10-8-7-9-11-29;1-7(2,3,4,5)6/h7-23,26-27H,3-6,24-25H2,1-2H3;/q;-1/p+1. The molecule has 5 aromatic rings. The van der Waals surface area contributed by atoms with Gasteiger partial charge in [0.15, 0.2) is 0 Å². The van der Waals surface area contributed by atoms with E-state index in [1.165, 1.54) is 0 Å². The summed E-state index contributed by atoms with van der Waals surface area (Å²) in [5, 5.41) is 0.599. The topological polar surface area (TPSA) is 39.9 Å². The van der Waals surface area contributed by atoms with Gasteiger partial charge in [0.05, 0.1) is 29.4 Å². The maximum absolute atomic E-state index is 10.7. The minimum atomic E-state index is -10.7. The number of ether oxygens (including phenoxy) is 2. The first kappa shape index (κ1) is 41.1. The Bertz CT molecular complexity index is 1920. The molecule has 5 rings (SSSR count). The van der Waals surface area contributed by atoms with Crippen LogP contribution in [0.15, 0.2) is 135 Å². The number of hydrogen-bond donors (Lipinski definition) is 0. The van der Waals surface area contributed by atoms with Gasteiger partial charge in [0.25, 0.3) is 0 Å². The molecule has 0 aliphatic carbocycles. The van der Waals surface area contributed by atoms with Gasteiger partial charge in [0.1, 0.15) is 11.5 Å². The molecule has 0 aromatic heterocycles. The van der Waals surface area contributed by atoms with Crippen molar-refractivity contribution in [3.63, 3.8) is 0 Å². The third-order valence-electron chi connectivity index (χ3n) is 7.18. The van der Waals surface area contributed by atoms with Crippen LogP contribution in [0.4, 0.5) is 25.2 Å². The zero-order valence-electron chi connectivity index (χ0n) is 28.4. The van der Waals surface area contributed by atoms with Crippen LogP contribution in [-0.2, 0) is 0 Å². The van der Waals surface area contributed by atoms with E-state index in [-0.39, 0.29) is 5.78 Å². The van der Waals surface area contributed by atoms with Crippen LogP contribution in [0.5, 0.6) is 11.5 Å². The number of rotatable bonds is 15. The average Bonchev–Trinajstić information content (AvgIpc) is 3.10. The number of halogens is 7. The molecule has 0 aliphatic heterocycles. The van der Waals surface area contributed by atoms with E-state index >= 15 is 0 Å². The summed E-state index contributed by atoms with van der Waals surface area (Å²) in [6, 6.07) is 38.4. The summed E-state index contributed by atoms with van der Waals surface area (Å²) in [6.45, 7) is 5.79. The quantitative estimate of drug-likeness (QED) is 0.0348. The van der Waals surface area contributed by atoms with E-state index in [1.54, 1.807) is 23.5 Å². The zero-order chi connectivity index (χ0) is 37.8. The maximum atomic E-state index is 10.7. The van der Waals surface area contributed by atoms with Crippen LogP contribution in [0.1, 0.15) is 50.7 Å². The third-order valence-corrected chi connectivity index (χ3v) is 9.77. The zero-order valence-corrected chi connectivity index (χ0v) is 31.7. The molecular weight excluding hydrogens is 761 g/mol. The van der Waals surface area contributed by atoms with E-state index in [0.29, 0.717) is 17.2 Å². The Hall–Kier alpha value is -3.63. The van der Waals surface area contributed by atoms with Gasteiger partial charge >= 0.3 is 38.8 Å². The number of ketones is 1. The molecule has 1 N–H and O–H groups in total. The summed E-state index contributed by atoms with van der Waals surface area (Å²) < 4.78 is 71.1. The van der Waals surface area contributed by atoms with Crippen molar-refractivity contribution in [2.45, 2.75) is 59.1 Å². The van der Waals surface area contributed by atoms with E-state index in [4.69, 9.17) is 21.1 Å². The minimum absolute atomic E-state index is 0.212. The van der Waals surface area contributed by atoms with Gasteiger partial charge in [-0.3, -0.25) is 4.79 Å². The second-order valence-corrected chi connectivity index (χ2v) is 16.1. The molecule has 278 valence electrons. The van der Waals surface area contributed by atoms with Gasteiger partial charge in [-0.1, -0.05) is 92.1 Å². The Labute approximate surface area is 313 Å². The monoisotopic (exact) mass is 798 g/mol. The summed E-state index contributed by atoms with van der Waals surface area (Å²) in [5.41, 5.74) is 3.69. The fourth-order valence-corrected chi connectivity index (χ4v) is 6.70. The Kier molecular flexibility index (Phi) is 13.8. The molecule has 0 fully saturated rings. The van der Waals surface area contributed by atoms with Crippen molar-refractivity contribution in [3.05, 3.63) is 131 Å². The molecule has 0 unspecified atom stereocenters. The van der Waals surface area contributed by atoms with Gasteiger partial charge in [0, 0.05) is 19.6 Å². The Morgan fingerprint density at radius 1 is 0.615 bits per heavy atom. The van der Waals surface area contributed by atoms with Crippen LogP contribution in [0.2, 0.25) is 5.02 Å². The van der Waals surface area contributed by atoms with E-state index in [9.17, 15) is 30.0 Å². The molecule has 52 heavy (non-hydrogen) atoms. The molecule has 0 saturated carbocycles. The van der Waals surface area contributed by atoms with Crippen LogP contribution in [0.3, 0.4) is 0 Å². The van der Waals surface area contributed by atoms with Crippen LogP contribution in [0, 0.1) is 0 Å². The van der Waals surface area contributed by atoms with Crippen LogP contribution in [0.25, 0.3) is 11.1 Å². The number of hydrogen-bond acceptors (Lipinski definition) is 4. The van der Waals surface area contributed by atoms with Gasteiger partial charge < -0.3 is 9.47 Å². The summed E-state index contributed by atoms with van der Waals surface area (Å²) in [7, 11) is -10.7. The molecule has 5 aromatic carbocycles. The average molecular weight is 799 g/mol. The van der Waals surface area contributed by atoms with Crippen molar-refractivity contribution in [2.75, 3.05) is 13.2 Å². The molecule has 3 nitrogen and oxygen atoms in total. The molecule has 13 heteroatoms. The van der Waals surface area contributed by atoms with Crippen molar-refractivity contribution in [2.24, 2.45) is 0 Å².